The molecule has 0 aliphatic rings. The third kappa shape index (κ3) is 4.67. The molecule has 0 amide bonds. The highest BCUT2D eigenvalue weighted by molar-refractivity contribution is 7.92. The molecule has 0 radical (unpaired) electrons. The Hall–Kier alpha value is -4.89. The van der Waals surface area contributed by atoms with E-state index in [0.717, 1.165) is 5.56 Å². The Balaban J connectivity index is 1.58. The van der Waals surface area contributed by atoms with E-state index in [1.807, 2.05) is 12.1 Å². The molecule has 0 spiro atoms. The van der Waals surface area contributed by atoms with E-state index >= 15 is 0 Å². The van der Waals surface area contributed by atoms with Crippen LogP contribution in [0.4, 0.5) is 11.7 Å². The number of hydrogen-bond donors (Lipinski definition) is 3. The van der Waals surface area contributed by atoms with Crippen molar-refractivity contribution in [1.82, 2.24) is 20.3 Å². The molecule has 0 saturated carbocycles. The number of oxazole rings is 1. The Kier molecular flexibility index (Phi) is 6.21. The number of nitrogens with zero attached hydrogens (tertiary/aromatic N) is 4. The molecule has 0 atom stereocenters. The van der Waals surface area contributed by atoms with Gasteiger partial charge in [-0.05, 0) is 43.2 Å². The average molecular weight is 516 g/mol. The SMILES string of the molecule is Cc1noc(NS(=O)(=O)c2ccccc2-c2ccc(-c3ncco3)cc2CNc2n[nH]cc2C#N)c1C. The van der Waals surface area contributed by atoms with Crippen LogP contribution in [0.15, 0.2) is 75.0 Å². The molecule has 0 unspecified atom stereocenters. The zero-order valence-corrected chi connectivity index (χ0v) is 20.6. The molecule has 5 rings (SSSR count). The van der Waals surface area contributed by atoms with Crippen molar-refractivity contribution in [3.05, 3.63) is 83.5 Å². The fourth-order valence-corrected chi connectivity index (χ4v) is 5.07. The van der Waals surface area contributed by atoms with Gasteiger partial charge in [-0.15, -0.1) is 0 Å². The second-order valence-electron chi connectivity index (χ2n) is 8.15. The molecule has 0 saturated heterocycles. The molecule has 0 aliphatic heterocycles. The first kappa shape index (κ1) is 23.8. The highest BCUT2D eigenvalue weighted by Crippen LogP contribution is 2.34. The number of rotatable bonds is 8. The molecule has 12 heteroatoms. The smallest absolute Gasteiger partial charge is 0.264 e. The van der Waals surface area contributed by atoms with Crippen molar-refractivity contribution >= 4 is 21.7 Å². The van der Waals surface area contributed by atoms with Gasteiger partial charge in [0.25, 0.3) is 10.0 Å². The van der Waals surface area contributed by atoms with Gasteiger partial charge in [-0.3, -0.25) is 5.10 Å². The van der Waals surface area contributed by atoms with E-state index in [1.165, 1.54) is 18.5 Å². The Morgan fingerprint density at radius 3 is 2.70 bits per heavy atom. The number of nitrogens with one attached hydrogen (secondary N) is 3. The van der Waals surface area contributed by atoms with Crippen molar-refractivity contribution in [1.29, 1.82) is 5.26 Å². The highest BCUT2D eigenvalue weighted by atomic mass is 32.2. The quantitative estimate of drug-likeness (QED) is 0.267. The number of sulfonamides is 1. The van der Waals surface area contributed by atoms with Crippen molar-refractivity contribution in [3.63, 3.8) is 0 Å². The van der Waals surface area contributed by atoms with Crippen LogP contribution in [0.25, 0.3) is 22.6 Å². The Bertz CT molecular complexity index is 1710. The van der Waals surface area contributed by atoms with Crippen molar-refractivity contribution in [2.45, 2.75) is 25.3 Å². The molecule has 186 valence electrons. The highest BCUT2D eigenvalue weighted by Gasteiger charge is 2.24. The number of benzene rings is 2. The van der Waals surface area contributed by atoms with Crippen LogP contribution in [-0.4, -0.2) is 28.8 Å². The minimum absolute atomic E-state index is 0.0612. The van der Waals surface area contributed by atoms with Gasteiger partial charge in [0.2, 0.25) is 11.8 Å². The predicted molar refractivity (Wildman–Crippen MR) is 135 cm³/mol. The van der Waals surface area contributed by atoms with Crippen molar-refractivity contribution in [2.75, 3.05) is 10.0 Å². The van der Waals surface area contributed by atoms with Crippen LogP contribution in [-0.2, 0) is 16.6 Å². The summed E-state index contributed by atoms with van der Waals surface area (Å²) in [4.78, 5) is 4.27. The summed E-state index contributed by atoms with van der Waals surface area (Å²) in [5.41, 5.74) is 4.13. The van der Waals surface area contributed by atoms with E-state index in [2.05, 4.69) is 36.4 Å². The maximum absolute atomic E-state index is 13.5. The molecule has 3 N–H and O–H groups in total. The maximum atomic E-state index is 13.5. The molecule has 0 bridgehead atoms. The van der Waals surface area contributed by atoms with Crippen molar-refractivity contribution < 1.29 is 17.4 Å². The number of nitriles is 1. The lowest BCUT2D eigenvalue weighted by atomic mass is 9.97. The van der Waals surface area contributed by atoms with Crippen LogP contribution < -0.4 is 10.0 Å². The standard InChI is InChI=1S/C25H21N7O4S/c1-15-16(2)31-36-24(15)32-37(33,34)22-6-4-3-5-21(22)20-8-7-17(25-27-9-10-35-25)11-18(20)13-28-23-19(12-26)14-29-30-23/h3-11,14,32H,13H2,1-2H3,(H2,28,29,30). The summed E-state index contributed by atoms with van der Waals surface area (Å²) in [6.07, 6.45) is 4.52. The van der Waals surface area contributed by atoms with E-state index < -0.39 is 10.0 Å². The number of aromatic amines is 1. The van der Waals surface area contributed by atoms with Gasteiger partial charge in [-0.1, -0.05) is 29.4 Å². The lowest BCUT2D eigenvalue weighted by Gasteiger charge is -2.16. The summed E-state index contributed by atoms with van der Waals surface area (Å²) in [5.74, 6) is 0.869. The van der Waals surface area contributed by atoms with E-state index in [1.54, 1.807) is 44.3 Å². The van der Waals surface area contributed by atoms with Gasteiger partial charge in [0, 0.05) is 29.4 Å². The topological polar surface area (TPSA) is 163 Å². The zero-order valence-electron chi connectivity index (χ0n) is 19.8. The molecule has 5 aromatic rings. The van der Waals surface area contributed by atoms with Gasteiger partial charge in [0.1, 0.15) is 17.9 Å². The molecule has 0 aliphatic carbocycles. The second-order valence-corrected chi connectivity index (χ2v) is 9.80. The Labute approximate surface area is 212 Å². The summed E-state index contributed by atoms with van der Waals surface area (Å²) >= 11 is 0. The maximum Gasteiger partial charge on any atom is 0.264 e. The summed E-state index contributed by atoms with van der Waals surface area (Å²) < 4.78 is 40.1. The van der Waals surface area contributed by atoms with Gasteiger partial charge < -0.3 is 14.3 Å². The second kappa shape index (κ2) is 9.63. The summed E-state index contributed by atoms with van der Waals surface area (Å²) in [7, 11) is -4.04. The normalized spacial score (nSPS) is 11.3. The van der Waals surface area contributed by atoms with E-state index in [0.29, 0.717) is 45.2 Å². The van der Waals surface area contributed by atoms with Gasteiger partial charge in [0.05, 0.1) is 16.8 Å². The van der Waals surface area contributed by atoms with Crippen LogP contribution in [0.3, 0.4) is 0 Å². The van der Waals surface area contributed by atoms with Crippen molar-refractivity contribution in [3.8, 4) is 28.7 Å². The van der Waals surface area contributed by atoms with Crippen LogP contribution in [0.2, 0.25) is 0 Å². The average Bonchev–Trinajstić information content (AvgIpc) is 3.66. The summed E-state index contributed by atoms with van der Waals surface area (Å²) in [6, 6.07) is 14.2. The van der Waals surface area contributed by atoms with Gasteiger partial charge >= 0.3 is 0 Å². The summed E-state index contributed by atoms with van der Waals surface area (Å²) in [5, 5.41) is 23.0. The fourth-order valence-electron chi connectivity index (χ4n) is 3.80. The first-order valence-electron chi connectivity index (χ1n) is 11.1. The monoisotopic (exact) mass is 515 g/mol. The van der Waals surface area contributed by atoms with Crippen LogP contribution in [0, 0.1) is 25.2 Å². The van der Waals surface area contributed by atoms with Crippen LogP contribution in [0.5, 0.6) is 0 Å². The molecule has 11 nitrogen and oxygen atoms in total. The lowest BCUT2D eigenvalue weighted by molar-refractivity contribution is 0.430. The van der Waals surface area contributed by atoms with Crippen molar-refractivity contribution in [2.24, 2.45) is 0 Å². The Morgan fingerprint density at radius 2 is 1.97 bits per heavy atom. The van der Waals surface area contributed by atoms with Gasteiger partial charge in [-0.2, -0.15) is 10.4 Å². The lowest BCUT2D eigenvalue weighted by Crippen LogP contribution is -2.14. The number of aromatic nitrogens is 4. The number of H-pyrrole nitrogens is 1. The molecule has 3 heterocycles. The number of hydrogen-bond acceptors (Lipinski definition) is 9. The first-order chi connectivity index (χ1) is 17.9. The predicted octanol–water partition coefficient (Wildman–Crippen LogP) is 4.62. The van der Waals surface area contributed by atoms with E-state index in [-0.39, 0.29) is 17.3 Å². The molecule has 37 heavy (non-hydrogen) atoms. The molecular formula is C25H21N7O4S. The molecule has 2 aromatic carbocycles. The first-order valence-corrected chi connectivity index (χ1v) is 12.6. The Morgan fingerprint density at radius 1 is 1.14 bits per heavy atom. The fraction of sp³-hybridized carbons (Fsp3) is 0.120. The van der Waals surface area contributed by atoms with Gasteiger partial charge in [-0.25, -0.2) is 18.1 Å². The zero-order chi connectivity index (χ0) is 26.0. The number of anilines is 2. The van der Waals surface area contributed by atoms with Crippen LogP contribution in [0.1, 0.15) is 22.4 Å². The minimum Gasteiger partial charge on any atom is -0.445 e. The minimum atomic E-state index is -4.04. The molecule has 3 aromatic heterocycles. The molecular weight excluding hydrogens is 494 g/mol. The third-order valence-corrected chi connectivity index (χ3v) is 7.23. The summed E-state index contributed by atoms with van der Waals surface area (Å²) in [6.45, 7) is 3.70. The van der Waals surface area contributed by atoms with Crippen LogP contribution >= 0.6 is 0 Å². The largest absolute Gasteiger partial charge is 0.445 e. The molecule has 0 fully saturated rings. The van der Waals surface area contributed by atoms with E-state index in [9.17, 15) is 13.7 Å². The van der Waals surface area contributed by atoms with Gasteiger partial charge in [0.15, 0.2) is 5.82 Å². The third-order valence-electron chi connectivity index (χ3n) is 5.84. The number of aryl methyl sites for hydroxylation is 1. The van der Waals surface area contributed by atoms with E-state index in [4.69, 9.17) is 8.94 Å².